The van der Waals surface area contributed by atoms with E-state index in [1.807, 2.05) is 36.7 Å². The van der Waals surface area contributed by atoms with Gasteiger partial charge in [0.25, 0.3) is 5.91 Å². The molecule has 1 fully saturated rings. The molecule has 0 spiro atoms. The van der Waals surface area contributed by atoms with Crippen LogP contribution in [0.3, 0.4) is 0 Å². The molecule has 1 saturated heterocycles. The van der Waals surface area contributed by atoms with E-state index in [-0.39, 0.29) is 11.7 Å². The van der Waals surface area contributed by atoms with Crippen LogP contribution in [0.25, 0.3) is 21.3 Å². The van der Waals surface area contributed by atoms with Gasteiger partial charge in [0.05, 0.1) is 16.8 Å². The number of thiophene rings is 1. The van der Waals surface area contributed by atoms with Gasteiger partial charge >= 0.3 is 0 Å². The van der Waals surface area contributed by atoms with Crippen LogP contribution in [0, 0.1) is 0 Å². The van der Waals surface area contributed by atoms with Crippen molar-refractivity contribution in [1.82, 2.24) is 9.29 Å². The summed E-state index contributed by atoms with van der Waals surface area (Å²) in [5.74, 6) is -0.121. The van der Waals surface area contributed by atoms with E-state index in [0.29, 0.717) is 38.3 Å². The zero-order valence-corrected chi connectivity index (χ0v) is 19.8. The van der Waals surface area contributed by atoms with E-state index in [4.69, 9.17) is 10.5 Å². The van der Waals surface area contributed by atoms with Gasteiger partial charge in [0, 0.05) is 42.8 Å². The molecule has 0 bridgehead atoms. The molecule has 0 atom stereocenters. The normalized spacial score (nSPS) is 16.0. The molecular formula is C23H29N3O4S2. The maximum Gasteiger partial charge on any atom is 0.250 e. The quantitative estimate of drug-likeness (QED) is 0.457. The lowest BCUT2D eigenvalue weighted by atomic mass is 9.89. The average Bonchev–Trinajstić information content (AvgIpc) is 3.46. The number of benzene rings is 1. The van der Waals surface area contributed by atoms with Gasteiger partial charge in [-0.05, 0) is 66.8 Å². The second kappa shape index (κ2) is 9.74. The van der Waals surface area contributed by atoms with Gasteiger partial charge in [-0.2, -0.15) is 0 Å². The number of piperidine rings is 1. The molecule has 1 aliphatic rings. The van der Waals surface area contributed by atoms with Crippen molar-refractivity contribution in [2.24, 2.45) is 5.73 Å². The summed E-state index contributed by atoms with van der Waals surface area (Å²) in [5, 5.41) is 2.99. The molecule has 3 N–H and O–H groups in total. The fraction of sp³-hybridized carbons (Fsp3) is 0.435. The first-order chi connectivity index (χ1) is 15.4. The molecule has 1 aliphatic heterocycles. The predicted octanol–water partition coefficient (Wildman–Crippen LogP) is 3.93. The summed E-state index contributed by atoms with van der Waals surface area (Å²) < 4.78 is 32.2. The Morgan fingerprint density at radius 2 is 2.09 bits per heavy atom. The number of amides is 1. The molecule has 0 radical (unpaired) electrons. The Bertz CT molecular complexity index is 1180. The van der Waals surface area contributed by atoms with Gasteiger partial charge in [-0.25, -0.2) is 12.7 Å². The molecule has 3 aromatic rings. The largest absolute Gasteiger partial charge is 0.382 e. The Balaban J connectivity index is 1.54. The zero-order chi connectivity index (χ0) is 22.7. The summed E-state index contributed by atoms with van der Waals surface area (Å²) in [6, 6.07) is 7.96. The number of nitrogens with zero attached hydrogens (tertiary/aromatic N) is 1. The SMILES string of the molecule is CCOCCCS(=O)(=O)N1CCC(c2c[nH]c3c(C(N)=O)cc(-c4cccs4)cc23)CC1. The lowest BCUT2D eigenvalue weighted by Gasteiger charge is -2.31. The molecule has 1 aromatic carbocycles. The first-order valence-corrected chi connectivity index (χ1v) is 13.4. The van der Waals surface area contributed by atoms with Gasteiger partial charge in [0.1, 0.15) is 0 Å². The number of aromatic amines is 1. The second-order valence-electron chi connectivity index (χ2n) is 8.07. The highest BCUT2D eigenvalue weighted by molar-refractivity contribution is 7.89. The molecule has 9 heteroatoms. The standard InChI is InChI=1S/C23H29N3O4S2/c1-2-30-10-4-12-32(28,29)26-8-6-16(7-9-26)20-15-25-22-18(20)13-17(14-19(22)23(24)27)21-5-3-11-31-21/h3,5,11,13-16,25H,2,4,6-10,12H2,1H3,(H2,24,27). The number of carbonyl (C=O) groups excluding carboxylic acids is 1. The van der Waals surface area contributed by atoms with Crippen molar-refractivity contribution in [1.29, 1.82) is 0 Å². The molecular weight excluding hydrogens is 446 g/mol. The lowest BCUT2D eigenvalue weighted by molar-refractivity contribution is 0.100. The minimum absolute atomic E-state index is 0.122. The third kappa shape index (κ3) is 4.76. The number of H-pyrrole nitrogens is 1. The number of ether oxygens (including phenoxy) is 1. The Morgan fingerprint density at radius 3 is 2.75 bits per heavy atom. The van der Waals surface area contributed by atoms with Crippen molar-refractivity contribution < 1.29 is 17.9 Å². The molecule has 7 nitrogen and oxygen atoms in total. The molecule has 1 amide bonds. The van der Waals surface area contributed by atoms with E-state index in [9.17, 15) is 13.2 Å². The second-order valence-corrected chi connectivity index (χ2v) is 11.1. The lowest BCUT2D eigenvalue weighted by Crippen LogP contribution is -2.39. The smallest absolute Gasteiger partial charge is 0.250 e. The van der Waals surface area contributed by atoms with Gasteiger partial charge < -0.3 is 15.5 Å². The first kappa shape index (κ1) is 23.0. The monoisotopic (exact) mass is 475 g/mol. The van der Waals surface area contributed by atoms with Crippen LogP contribution in [0.1, 0.15) is 48.0 Å². The maximum absolute atomic E-state index is 12.7. The van der Waals surface area contributed by atoms with Crippen molar-refractivity contribution >= 4 is 38.2 Å². The third-order valence-corrected chi connectivity index (χ3v) is 8.95. The Labute approximate surface area is 192 Å². The summed E-state index contributed by atoms with van der Waals surface area (Å²) in [5.41, 5.74) is 8.99. The highest BCUT2D eigenvalue weighted by Gasteiger charge is 2.30. The van der Waals surface area contributed by atoms with Crippen molar-refractivity contribution in [3.63, 3.8) is 0 Å². The van der Waals surface area contributed by atoms with Crippen LogP contribution in [-0.4, -0.2) is 55.7 Å². The molecule has 0 saturated carbocycles. The van der Waals surface area contributed by atoms with Crippen molar-refractivity contribution in [3.8, 4) is 10.4 Å². The fourth-order valence-corrected chi connectivity index (χ4v) is 6.65. The summed E-state index contributed by atoms with van der Waals surface area (Å²) in [7, 11) is -3.27. The summed E-state index contributed by atoms with van der Waals surface area (Å²) in [6.07, 6.45) is 3.95. The molecule has 2 aromatic heterocycles. The number of rotatable bonds is 9. The van der Waals surface area contributed by atoms with Gasteiger partial charge in [-0.1, -0.05) is 6.07 Å². The van der Waals surface area contributed by atoms with E-state index >= 15 is 0 Å². The maximum atomic E-state index is 12.7. The molecule has 4 rings (SSSR count). The van der Waals surface area contributed by atoms with Gasteiger partial charge in [0.2, 0.25) is 10.0 Å². The van der Waals surface area contributed by atoms with Crippen molar-refractivity contribution in [2.45, 2.75) is 32.1 Å². The number of nitrogens with two attached hydrogens (primary N) is 1. The van der Waals surface area contributed by atoms with Gasteiger partial charge in [-0.15, -0.1) is 11.3 Å². The van der Waals surface area contributed by atoms with E-state index in [1.54, 1.807) is 15.6 Å². The van der Waals surface area contributed by atoms with E-state index < -0.39 is 15.9 Å². The number of nitrogens with one attached hydrogen (secondary N) is 1. The fourth-order valence-electron chi connectivity index (χ4n) is 4.43. The van der Waals surface area contributed by atoms with Gasteiger partial charge in [-0.3, -0.25) is 4.79 Å². The summed E-state index contributed by atoms with van der Waals surface area (Å²) in [4.78, 5) is 16.5. The number of fused-ring (bicyclic) bond motifs is 1. The van der Waals surface area contributed by atoms with Crippen LogP contribution in [-0.2, 0) is 14.8 Å². The van der Waals surface area contributed by atoms with Crippen LogP contribution >= 0.6 is 11.3 Å². The van der Waals surface area contributed by atoms with E-state index in [2.05, 4.69) is 11.1 Å². The molecule has 32 heavy (non-hydrogen) atoms. The minimum atomic E-state index is -3.27. The van der Waals surface area contributed by atoms with Crippen LogP contribution < -0.4 is 5.73 Å². The number of primary amides is 1. The van der Waals surface area contributed by atoms with E-state index in [1.165, 1.54) is 0 Å². The number of aromatic nitrogens is 1. The van der Waals surface area contributed by atoms with Gasteiger partial charge in [0.15, 0.2) is 0 Å². The highest BCUT2D eigenvalue weighted by Crippen LogP contribution is 2.38. The number of hydrogen-bond acceptors (Lipinski definition) is 5. The summed E-state index contributed by atoms with van der Waals surface area (Å²) >= 11 is 1.62. The van der Waals surface area contributed by atoms with Crippen molar-refractivity contribution in [2.75, 3.05) is 32.1 Å². The molecule has 172 valence electrons. The van der Waals surface area contributed by atoms with Crippen LogP contribution in [0.5, 0.6) is 0 Å². The van der Waals surface area contributed by atoms with Crippen LogP contribution in [0.15, 0.2) is 35.8 Å². The number of carbonyl (C=O) groups is 1. The average molecular weight is 476 g/mol. The third-order valence-electron chi connectivity index (χ3n) is 6.07. The number of hydrogen-bond donors (Lipinski definition) is 2. The predicted molar refractivity (Wildman–Crippen MR) is 129 cm³/mol. The minimum Gasteiger partial charge on any atom is -0.382 e. The highest BCUT2D eigenvalue weighted by atomic mass is 32.2. The Morgan fingerprint density at radius 1 is 1.31 bits per heavy atom. The van der Waals surface area contributed by atoms with Crippen LogP contribution in [0.2, 0.25) is 0 Å². The summed E-state index contributed by atoms with van der Waals surface area (Å²) in [6.45, 7) is 3.97. The van der Waals surface area contributed by atoms with Crippen LogP contribution in [0.4, 0.5) is 0 Å². The first-order valence-electron chi connectivity index (χ1n) is 10.9. The molecule has 3 heterocycles. The zero-order valence-electron chi connectivity index (χ0n) is 18.2. The molecule has 0 aliphatic carbocycles. The molecule has 0 unspecified atom stereocenters. The van der Waals surface area contributed by atoms with Crippen molar-refractivity contribution in [3.05, 3.63) is 47.0 Å². The van der Waals surface area contributed by atoms with E-state index in [0.717, 1.165) is 39.7 Å². The topological polar surface area (TPSA) is 105 Å². The Kier molecular flexibility index (Phi) is 6.99. The number of sulfonamides is 1. The Hall–Kier alpha value is -2.20.